The Labute approximate surface area is 178 Å². The largest absolute Gasteiger partial charge is 0.458 e. The molecular formula is C24H33IO2. The van der Waals surface area contributed by atoms with Gasteiger partial charge in [0, 0.05) is 6.92 Å². The molecule has 27 heavy (non-hydrogen) atoms. The van der Waals surface area contributed by atoms with Crippen LogP contribution in [0.5, 0.6) is 0 Å². The number of carbonyl (C=O) groups excluding carboxylic acids is 1. The highest BCUT2D eigenvalue weighted by Gasteiger charge is 2.48. The lowest BCUT2D eigenvalue weighted by molar-refractivity contribution is -0.145. The Morgan fingerprint density at radius 1 is 1.26 bits per heavy atom. The van der Waals surface area contributed by atoms with Gasteiger partial charge in [-0.2, -0.15) is 0 Å². The highest BCUT2D eigenvalue weighted by molar-refractivity contribution is 14.1. The normalized spacial score (nSPS) is 37.1. The number of esters is 1. The summed E-state index contributed by atoms with van der Waals surface area (Å²) >= 11 is 2.34. The van der Waals surface area contributed by atoms with Crippen molar-refractivity contribution < 1.29 is 9.53 Å². The Bertz CT molecular complexity index is 672. The van der Waals surface area contributed by atoms with Gasteiger partial charge < -0.3 is 4.74 Å². The van der Waals surface area contributed by atoms with E-state index in [1.54, 1.807) is 5.57 Å². The summed E-state index contributed by atoms with van der Waals surface area (Å²) in [5, 5.41) is 0. The lowest BCUT2D eigenvalue weighted by Crippen LogP contribution is -2.33. The molecule has 0 heterocycles. The van der Waals surface area contributed by atoms with Gasteiger partial charge in [-0.1, -0.05) is 59.9 Å². The van der Waals surface area contributed by atoms with Gasteiger partial charge in [-0.25, -0.2) is 0 Å². The standard InChI is InChI=1S/C24H33IO2/c1-17-19(7-4-10-23(17)27-18(2)26)11-12-20-8-5-15-24(3)21(9-6-16-25)13-14-22(20)24/h6,11-12,16,21-23H,1,4-5,7-10,13-15H2,2-3H3/b16-6+,19-11-,20-12+. The van der Waals surface area contributed by atoms with Crippen molar-refractivity contribution in [2.75, 3.05) is 0 Å². The van der Waals surface area contributed by atoms with E-state index in [1.807, 2.05) is 0 Å². The monoisotopic (exact) mass is 480 g/mol. The van der Waals surface area contributed by atoms with Gasteiger partial charge in [0.1, 0.15) is 6.10 Å². The molecule has 0 amide bonds. The Kier molecular flexibility index (Phi) is 7.04. The number of fused-ring (bicyclic) bond motifs is 1. The molecule has 0 radical (unpaired) electrons. The van der Waals surface area contributed by atoms with E-state index in [4.69, 9.17) is 4.74 Å². The van der Waals surface area contributed by atoms with E-state index < -0.39 is 0 Å². The third kappa shape index (κ3) is 4.60. The molecule has 0 N–H and O–H groups in total. The molecule has 3 aliphatic rings. The fourth-order valence-corrected chi connectivity index (χ4v) is 5.99. The van der Waals surface area contributed by atoms with Crippen molar-refractivity contribution in [2.24, 2.45) is 17.3 Å². The molecule has 3 heteroatoms. The smallest absolute Gasteiger partial charge is 0.303 e. The van der Waals surface area contributed by atoms with Crippen LogP contribution in [0.2, 0.25) is 0 Å². The Morgan fingerprint density at radius 2 is 2.07 bits per heavy atom. The molecule has 0 bridgehead atoms. The van der Waals surface area contributed by atoms with Gasteiger partial charge in [0.25, 0.3) is 0 Å². The fourth-order valence-electron chi connectivity index (χ4n) is 5.70. The Hall–Kier alpha value is -0.840. The molecule has 3 saturated carbocycles. The minimum atomic E-state index is -0.207. The molecule has 0 aromatic rings. The Morgan fingerprint density at radius 3 is 2.81 bits per heavy atom. The van der Waals surface area contributed by atoms with Crippen molar-refractivity contribution in [1.29, 1.82) is 0 Å². The molecule has 4 unspecified atom stereocenters. The summed E-state index contributed by atoms with van der Waals surface area (Å²) in [5.41, 5.74) is 4.38. The third-order valence-corrected chi connectivity index (χ3v) is 7.70. The zero-order valence-corrected chi connectivity index (χ0v) is 19.0. The van der Waals surface area contributed by atoms with E-state index >= 15 is 0 Å². The zero-order chi connectivity index (χ0) is 19.4. The molecule has 2 nitrogen and oxygen atoms in total. The first-order chi connectivity index (χ1) is 13.0. The van der Waals surface area contributed by atoms with Gasteiger partial charge in [-0.15, -0.1) is 0 Å². The van der Waals surface area contributed by atoms with Crippen LogP contribution >= 0.6 is 22.6 Å². The molecule has 0 spiro atoms. The van der Waals surface area contributed by atoms with E-state index in [9.17, 15) is 4.79 Å². The average Bonchev–Trinajstić information content (AvgIpc) is 2.97. The summed E-state index contributed by atoms with van der Waals surface area (Å²) in [6.07, 6.45) is 17.8. The summed E-state index contributed by atoms with van der Waals surface area (Å²) < 4.78 is 7.63. The Balaban J connectivity index is 1.76. The number of ether oxygens (including phenoxy) is 1. The second-order valence-electron chi connectivity index (χ2n) is 8.73. The van der Waals surface area contributed by atoms with E-state index in [-0.39, 0.29) is 12.1 Å². The van der Waals surface area contributed by atoms with Crippen molar-refractivity contribution in [3.05, 3.63) is 45.6 Å². The number of carbonyl (C=O) groups is 1. The van der Waals surface area contributed by atoms with Gasteiger partial charge in [0.15, 0.2) is 0 Å². The molecule has 0 aromatic heterocycles. The van der Waals surface area contributed by atoms with Crippen molar-refractivity contribution in [1.82, 2.24) is 0 Å². The maximum atomic E-state index is 11.3. The molecule has 0 aliphatic heterocycles. The summed E-state index contributed by atoms with van der Waals surface area (Å²) in [7, 11) is 0. The second-order valence-corrected chi connectivity index (χ2v) is 9.45. The van der Waals surface area contributed by atoms with Gasteiger partial charge in [0.05, 0.1) is 0 Å². The first kappa shape index (κ1) is 20.9. The van der Waals surface area contributed by atoms with Crippen LogP contribution in [0.3, 0.4) is 0 Å². The minimum Gasteiger partial charge on any atom is -0.458 e. The van der Waals surface area contributed by atoms with Gasteiger partial charge in [-0.3, -0.25) is 4.79 Å². The van der Waals surface area contributed by atoms with Crippen molar-refractivity contribution >= 4 is 28.6 Å². The predicted molar refractivity (Wildman–Crippen MR) is 121 cm³/mol. The maximum absolute atomic E-state index is 11.3. The highest BCUT2D eigenvalue weighted by Crippen LogP contribution is 2.58. The second kappa shape index (κ2) is 9.11. The SMILES string of the molecule is C=C1/C(=C\C=C2/CCCC3(C)C(C/C=C/I)CCC23)CCCC1OC(C)=O. The lowest BCUT2D eigenvalue weighted by atomic mass is 9.63. The van der Waals surface area contributed by atoms with Crippen molar-refractivity contribution in [3.8, 4) is 0 Å². The number of hydrogen-bond donors (Lipinski definition) is 0. The fraction of sp³-hybridized carbons (Fsp3) is 0.625. The van der Waals surface area contributed by atoms with Gasteiger partial charge in [0.2, 0.25) is 0 Å². The van der Waals surface area contributed by atoms with E-state index in [1.165, 1.54) is 51.0 Å². The van der Waals surface area contributed by atoms with Crippen LogP contribution in [0.25, 0.3) is 0 Å². The third-order valence-electron chi connectivity index (χ3n) is 7.19. The summed E-state index contributed by atoms with van der Waals surface area (Å²) in [6, 6.07) is 0. The average molecular weight is 480 g/mol. The highest BCUT2D eigenvalue weighted by atomic mass is 127. The van der Waals surface area contributed by atoms with Crippen LogP contribution < -0.4 is 0 Å². The first-order valence-electron chi connectivity index (χ1n) is 10.5. The quantitative estimate of drug-likeness (QED) is 0.318. The summed E-state index contributed by atoms with van der Waals surface area (Å²) in [4.78, 5) is 11.3. The van der Waals surface area contributed by atoms with Crippen LogP contribution in [0.4, 0.5) is 0 Å². The van der Waals surface area contributed by atoms with Crippen molar-refractivity contribution in [3.63, 3.8) is 0 Å². The molecule has 0 aromatic carbocycles. The maximum Gasteiger partial charge on any atom is 0.303 e. The topological polar surface area (TPSA) is 26.3 Å². The molecule has 148 valence electrons. The number of halogens is 1. The molecule has 4 atom stereocenters. The molecule has 0 saturated heterocycles. The van der Waals surface area contributed by atoms with Crippen LogP contribution in [0.15, 0.2) is 45.6 Å². The number of allylic oxidation sites excluding steroid dienone is 4. The van der Waals surface area contributed by atoms with Crippen molar-refractivity contribution in [2.45, 2.75) is 77.7 Å². The number of rotatable bonds is 4. The van der Waals surface area contributed by atoms with E-state index in [2.05, 4.69) is 58.4 Å². The molecular weight excluding hydrogens is 447 g/mol. The van der Waals surface area contributed by atoms with Gasteiger partial charge >= 0.3 is 5.97 Å². The summed E-state index contributed by atoms with van der Waals surface area (Å²) in [5.74, 6) is 1.35. The van der Waals surface area contributed by atoms with Gasteiger partial charge in [-0.05, 0) is 90.3 Å². The van der Waals surface area contributed by atoms with E-state index in [0.29, 0.717) is 5.41 Å². The molecule has 3 aliphatic carbocycles. The van der Waals surface area contributed by atoms with Crippen LogP contribution in [-0.4, -0.2) is 12.1 Å². The van der Waals surface area contributed by atoms with Crippen LogP contribution in [0, 0.1) is 17.3 Å². The van der Waals surface area contributed by atoms with E-state index in [0.717, 1.165) is 36.7 Å². The predicted octanol–water partition coefficient (Wildman–Crippen LogP) is 7.07. The molecule has 3 fully saturated rings. The summed E-state index contributed by atoms with van der Waals surface area (Å²) in [6.45, 7) is 8.26. The zero-order valence-electron chi connectivity index (χ0n) is 16.8. The molecule has 3 rings (SSSR count). The minimum absolute atomic E-state index is 0.131. The first-order valence-corrected chi connectivity index (χ1v) is 11.7. The van der Waals surface area contributed by atoms with Crippen LogP contribution in [0.1, 0.15) is 71.6 Å². The lowest BCUT2D eigenvalue weighted by Gasteiger charge is -2.42. The van der Waals surface area contributed by atoms with Crippen LogP contribution in [-0.2, 0) is 9.53 Å². The number of hydrogen-bond acceptors (Lipinski definition) is 2.